The highest BCUT2D eigenvalue weighted by Gasteiger charge is 2.55. The lowest BCUT2D eigenvalue weighted by atomic mass is 9.82. The van der Waals surface area contributed by atoms with E-state index in [4.69, 9.17) is 14.3 Å². The van der Waals surface area contributed by atoms with Crippen LogP contribution in [0.1, 0.15) is 95.2 Å². The molecule has 3 aliphatic heterocycles. The second-order valence-corrected chi connectivity index (χ2v) is 23.9. The number of halogens is 5. The number of hydrogen-bond donors (Lipinski definition) is 1. The van der Waals surface area contributed by atoms with Crippen molar-refractivity contribution in [2.45, 2.75) is 108 Å². The van der Waals surface area contributed by atoms with Crippen molar-refractivity contribution >= 4 is 35.3 Å². The molecule has 1 aliphatic carbocycles. The van der Waals surface area contributed by atoms with Gasteiger partial charge in [-0.25, -0.2) is 22.2 Å². The first kappa shape index (κ1) is 44.1. The van der Waals surface area contributed by atoms with Crippen LogP contribution < -0.4 is 15.7 Å². The van der Waals surface area contributed by atoms with Crippen LogP contribution >= 0.6 is 0 Å². The van der Waals surface area contributed by atoms with E-state index >= 15 is 17.6 Å². The lowest BCUT2D eigenvalue weighted by Crippen LogP contribution is -2.67. The molecule has 1 N–H and O–H groups in total. The van der Waals surface area contributed by atoms with Crippen LogP contribution in [0.15, 0.2) is 91.1 Å². The maximum absolute atomic E-state index is 17.1. The minimum absolute atomic E-state index is 0.00291. The Morgan fingerprint density at radius 2 is 1.62 bits per heavy atom. The second-order valence-electron chi connectivity index (χ2n) is 19.6. The largest absolute Gasteiger partial charge is 0.401 e. The molecule has 4 atom stereocenters. The number of anilines is 1. The Kier molecular flexibility index (Phi) is 12.1. The minimum Gasteiger partial charge on any atom is -0.401 e. The zero-order valence-electron chi connectivity index (χ0n) is 36.9. The first-order valence-corrected chi connectivity index (χ1v) is 24.7. The smallest absolute Gasteiger partial charge is 0.282 e. The number of nitrogens with one attached hydrogen (secondary N) is 1. The fourth-order valence-corrected chi connectivity index (χ4v) is 15.6. The maximum Gasteiger partial charge on any atom is 0.282 e. The lowest BCUT2D eigenvalue weighted by molar-refractivity contribution is -0.0822. The van der Waals surface area contributed by atoms with E-state index < -0.39 is 56.1 Å². The third-order valence-electron chi connectivity index (χ3n) is 14.3. The van der Waals surface area contributed by atoms with Gasteiger partial charge in [0.05, 0.1) is 37.6 Å². The molecule has 1 unspecified atom stereocenters. The average Bonchev–Trinajstić information content (AvgIpc) is 3.78. The van der Waals surface area contributed by atoms with E-state index in [1.54, 1.807) is 11.1 Å². The van der Waals surface area contributed by atoms with E-state index in [1.165, 1.54) is 12.1 Å². The Labute approximate surface area is 369 Å². The highest BCUT2D eigenvalue weighted by atomic mass is 28.4. The van der Waals surface area contributed by atoms with Gasteiger partial charge in [0.1, 0.15) is 11.6 Å². The fourth-order valence-electron chi connectivity index (χ4n) is 11.0. The number of hydrogen-bond acceptors (Lipinski definition) is 6. The van der Waals surface area contributed by atoms with Gasteiger partial charge in [-0.2, -0.15) is 5.10 Å². The Balaban J connectivity index is 1.08. The molecule has 0 amide bonds. The molecule has 2 saturated heterocycles. The highest BCUT2D eigenvalue weighted by Crippen LogP contribution is 2.54. The molecule has 4 aromatic carbocycles. The predicted molar refractivity (Wildman–Crippen MR) is 241 cm³/mol. The summed E-state index contributed by atoms with van der Waals surface area (Å²) in [6, 6.07) is 24.0. The molecule has 1 aromatic heterocycles. The number of likely N-dealkylation sites (tertiary alicyclic amines) is 1. The van der Waals surface area contributed by atoms with Crippen molar-refractivity contribution in [3.8, 4) is 0 Å². The molecule has 336 valence electrons. The van der Waals surface area contributed by atoms with Crippen LogP contribution in [0.25, 0.3) is 10.9 Å². The van der Waals surface area contributed by atoms with Gasteiger partial charge in [0.15, 0.2) is 6.23 Å². The molecule has 4 heterocycles. The van der Waals surface area contributed by atoms with E-state index in [0.29, 0.717) is 43.8 Å². The first-order valence-electron chi connectivity index (χ1n) is 22.8. The van der Waals surface area contributed by atoms with Crippen LogP contribution in [-0.4, -0.2) is 92.0 Å². The number of fused-ring (bicyclic) bond motifs is 3. The lowest BCUT2D eigenvalue weighted by Gasteiger charge is -2.46. The SMILES string of the molecule is C[C@@H]1Cc2c(ccc3c2cnn3C2CCCCO2)[C@@H](c2c(F)cc(N[C@@H]3CN(CCCF)CC34CC4)cc2F)N1CC(F)(F)CO[Si](c1ccccc1)(c1ccccc1)C(C)(C)C. The van der Waals surface area contributed by atoms with Crippen molar-refractivity contribution in [2.75, 3.05) is 51.4 Å². The summed E-state index contributed by atoms with van der Waals surface area (Å²) in [4.78, 5) is 3.80. The van der Waals surface area contributed by atoms with Gasteiger partial charge >= 0.3 is 0 Å². The topological polar surface area (TPSA) is 54.8 Å². The fraction of sp³-hybridized carbons (Fsp3) is 0.500. The summed E-state index contributed by atoms with van der Waals surface area (Å²) in [5.41, 5.74) is 2.29. The van der Waals surface area contributed by atoms with Crippen LogP contribution in [0.3, 0.4) is 0 Å². The molecule has 63 heavy (non-hydrogen) atoms. The molecular formula is C50H60F5N5O2Si. The van der Waals surface area contributed by atoms with Crippen LogP contribution in [0.5, 0.6) is 0 Å². The molecule has 0 radical (unpaired) electrons. The van der Waals surface area contributed by atoms with Crippen molar-refractivity contribution in [3.63, 3.8) is 0 Å². The van der Waals surface area contributed by atoms with Crippen LogP contribution in [-0.2, 0) is 15.6 Å². The highest BCUT2D eigenvalue weighted by molar-refractivity contribution is 6.99. The van der Waals surface area contributed by atoms with Crippen molar-refractivity contribution in [2.24, 2.45) is 5.41 Å². The van der Waals surface area contributed by atoms with Crippen LogP contribution in [0, 0.1) is 17.0 Å². The second kappa shape index (κ2) is 17.3. The maximum atomic E-state index is 17.1. The molecule has 5 aromatic rings. The molecule has 4 aliphatic rings. The Hall–Kier alpha value is -4.14. The van der Waals surface area contributed by atoms with Crippen molar-refractivity contribution < 1.29 is 31.1 Å². The Bertz CT molecular complexity index is 2320. The Morgan fingerprint density at radius 3 is 2.22 bits per heavy atom. The molecule has 1 spiro atoms. The molecule has 9 rings (SSSR count). The third kappa shape index (κ3) is 8.37. The zero-order valence-corrected chi connectivity index (χ0v) is 37.9. The number of nitrogens with zero attached hydrogens (tertiary/aromatic N) is 4. The summed E-state index contributed by atoms with van der Waals surface area (Å²) in [6.07, 6.45) is 7.19. The third-order valence-corrected chi connectivity index (χ3v) is 19.3. The summed E-state index contributed by atoms with van der Waals surface area (Å²) in [5.74, 6) is -5.03. The van der Waals surface area contributed by atoms with Gasteiger partial charge in [0, 0.05) is 60.4 Å². The summed E-state index contributed by atoms with van der Waals surface area (Å²) in [6.45, 7) is 8.71. The number of rotatable bonds is 14. The molecule has 13 heteroatoms. The van der Waals surface area contributed by atoms with Gasteiger partial charge in [0.2, 0.25) is 0 Å². The molecule has 3 fully saturated rings. The number of benzene rings is 4. The normalized spacial score (nSPS) is 23.1. The van der Waals surface area contributed by atoms with Gasteiger partial charge in [-0.3, -0.25) is 9.29 Å². The standard InChI is InChI=1S/C50H60F5N5O2Si/c1-34-26-39-38(19-20-43-40(39)29-56-60(43)45-18-11-12-25-61-45)47(46-41(52)27-35(28-42(46)53)57-44-30-58(24-13-23-51)31-49(44)21-22-49)59(34)32-50(54,55)33-62-63(48(2,3)4,36-14-7-5-8-15-36)37-16-9-6-10-17-37/h5-10,14-17,19-20,27-29,34,44-45,47,57H,11-13,18,21-26,30-33H2,1-4H3/t34-,44-,45?,47+/m1/s1. The van der Waals surface area contributed by atoms with Gasteiger partial charge in [-0.05, 0) is 96.6 Å². The van der Waals surface area contributed by atoms with E-state index in [1.807, 2.05) is 105 Å². The van der Waals surface area contributed by atoms with E-state index in [-0.39, 0.29) is 29.9 Å². The van der Waals surface area contributed by atoms with Gasteiger partial charge < -0.3 is 19.4 Å². The summed E-state index contributed by atoms with van der Waals surface area (Å²) < 4.78 is 96.1. The quantitative estimate of drug-likeness (QED) is 0.0886. The van der Waals surface area contributed by atoms with Gasteiger partial charge in [0.25, 0.3) is 14.2 Å². The summed E-state index contributed by atoms with van der Waals surface area (Å²) in [5, 5.41) is 10.2. The van der Waals surface area contributed by atoms with Crippen LogP contribution in [0.2, 0.25) is 5.04 Å². The first-order chi connectivity index (χ1) is 30.2. The molecule has 1 saturated carbocycles. The molecular weight excluding hydrogens is 826 g/mol. The summed E-state index contributed by atoms with van der Waals surface area (Å²) in [7, 11) is -3.34. The van der Waals surface area contributed by atoms with Crippen molar-refractivity contribution in [1.29, 1.82) is 0 Å². The van der Waals surface area contributed by atoms with E-state index in [2.05, 4.69) is 10.2 Å². The van der Waals surface area contributed by atoms with Crippen molar-refractivity contribution in [1.82, 2.24) is 19.6 Å². The number of aromatic nitrogens is 2. The zero-order chi connectivity index (χ0) is 44.1. The minimum atomic E-state index is -3.42. The van der Waals surface area contributed by atoms with Gasteiger partial charge in [-0.1, -0.05) is 87.5 Å². The molecule has 0 bridgehead atoms. The molecule has 7 nitrogen and oxygen atoms in total. The van der Waals surface area contributed by atoms with E-state index in [9.17, 15) is 4.39 Å². The van der Waals surface area contributed by atoms with Crippen molar-refractivity contribution in [3.05, 3.63) is 119 Å². The monoisotopic (exact) mass is 885 g/mol. The average molecular weight is 886 g/mol. The van der Waals surface area contributed by atoms with Crippen LogP contribution in [0.4, 0.5) is 27.6 Å². The van der Waals surface area contributed by atoms with Gasteiger partial charge in [-0.15, -0.1) is 0 Å². The Morgan fingerprint density at radius 1 is 0.937 bits per heavy atom. The summed E-state index contributed by atoms with van der Waals surface area (Å²) >= 11 is 0. The number of ether oxygens (including phenoxy) is 1. The van der Waals surface area contributed by atoms with E-state index in [0.717, 1.165) is 65.5 Å². The number of alkyl halides is 3. The predicted octanol–water partition coefficient (Wildman–Crippen LogP) is 9.80.